The Morgan fingerprint density at radius 3 is 2.62 bits per heavy atom. The van der Waals surface area contributed by atoms with Gasteiger partial charge in [0, 0.05) is 23.9 Å². The molecule has 34 heavy (non-hydrogen) atoms. The lowest BCUT2D eigenvalue weighted by molar-refractivity contribution is 0.0909. The van der Waals surface area contributed by atoms with Crippen LogP contribution in [0.15, 0.2) is 67.1 Å². The van der Waals surface area contributed by atoms with Crippen molar-refractivity contribution in [3.05, 3.63) is 89.8 Å². The Morgan fingerprint density at radius 1 is 1.09 bits per heavy atom. The summed E-state index contributed by atoms with van der Waals surface area (Å²) < 4.78 is 5.53. The van der Waals surface area contributed by atoms with Gasteiger partial charge in [0.15, 0.2) is 5.82 Å². The number of rotatable bonds is 6. The average molecular weight is 457 g/mol. The summed E-state index contributed by atoms with van der Waals surface area (Å²) in [6.45, 7) is 0.865. The van der Waals surface area contributed by atoms with Crippen molar-refractivity contribution in [1.82, 2.24) is 24.8 Å². The largest absolute Gasteiger partial charge is 0.445 e. The van der Waals surface area contributed by atoms with Gasteiger partial charge in [-0.1, -0.05) is 54.6 Å². The van der Waals surface area contributed by atoms with E-state index < -0.39 is 0 Å². The first kappa shape index (κ1) is 21.4. The number of nitrogens with one attached hydrogen (secondary N) is 2. The van der Waals surface area contributed by atoms with Crippen molar-refractivity contribution >= 4 is 17.7 Å². The van der Waals surface area contributed by atoms with E-state index in [0.717, 1.165) is 35.5 Å². The molecule has 4 aromatic rings. The van der Waals surface area contributed by atoms with Crippen LogP contribution in [0.5, 0.6) is 0 Å². The predicted octanol–water partition coefficient (Wildman–Crippen LogP) is 4.09. The van der Waals surface area contributed by atoms with E-state index in [4.69, 9.17) is 15.5 Å². The molecule has 1 aliphatic heterocycles. The number of ketones is 1. The van der Waals surface area contributed by atoms with E-state index in [-0.39, 0.29) is 36.0 Å². The van der Waals surface area contributed by atoms with Gasteiger partial charge in [-0.3, -0.25) is 9.69 Å². The van der Waals surface area contributed by atoms with Gasteiger partial charge >= 0.3 is 6.09 Å². The van der Waals surface area contributed by atoms with Crippen LogP contribution in [0.2, 0.25) is 0 Å². The van der Waals surface area contributed by atoms with Crippen molar-refractivity contribution in [3.8, 4) is 11.3 Å². The maximum atomic E-state index is 12.7. The molecule has 0 bridgehead atoms. The number of ether oxygens (including phenoxy) is 1. The second-order valence-electron chi connectivity index (χ2n) is 8.13. The van der Waals surface area contributed by atoms with E-state index in [0.29, 0.717) is 12.1 Å². The first-order chi connectivity index (χ1) is 16.6. The van der Waals surface area contributed by atoms with Crippen LogP contribution in [0.3, 0.4) is 0 Å². The Kier molecular flexibility index (Phi) is 5.82. The summed E-state index contributed by atoms with van der Waals surface area (Å²) in [5, 5.41) is 0. The predicted molar refractivity (Wildman–Crippen MR) is 126 cm³/mol. The molecule has 1 amide bonds. The quantitative estimate of drug-likeness (QED) is 0.375. The second-order valence-corrected chi connectivity index (χ2v) is 8.13. The highest BCUT2D eigenvalue weighted by molar-refractivity contribution is 6.10. The maximum absolute atomic E-state index is 12.7. The van der Waals surface area contributed by atoms with Gasteiger partial charge in [0.05, 0.1) is 18.1 Å². The van der Waals surface area contributed by atoms with Crippen LogP contribution in [0.1, 0.15) is 46.3 Å². The maximum Gasteiger partial charge on any atom is 0.410 e. The number of aromatic amines is 2. The van der Waals surface area contributed by atoms with Crippen molar-refractivity contribution in [3.63, 3.8) is 0 Å². The van der Waals surface area contributed by atoms with Crippen LogP contribution in [-0.2, 0) is 11.3 Å². The van der Waals surface area contributed by atoms with Crippen LogP contribution in [-0.4, -0.2) is 43.3 Å². The number of carbonyl (C=O) groups is 2. The fourth-order valence-electron chi connectivity index (χ4n) is 4.15. The highest BCUT2D eigenvalue weighted by atomic mass is 16.6. The lowest BCUT2D eigenvalue weighted by Crippen LogP contribution is -2.31. The Labute approximate surface area is 196 Å². The zero-order valence-corrected chi connectivity index (χ0v) is 18.4. The number of aromatic nitrogens is 4. The van der Waals surface area contributed by atoms with Gasteiger partial charge in [0.2, 0.25) is 5.78 Å². The van der Waals surface area contributed by atoms with Crippen LogP contribution in [0.25, 0.3) is 11.3 Å². The number of hydrogen-bond donors (Lipinski definition) is 3. The number of nitrogens with zero attached hydrogens (tertiary/aromatic N) is 3. The smallest absolute Gasteiger partial charge is 0.410 e. The highest BCUT2D eigenvalue weighted by Gasteiger charge is 2.33. The van der Waals surface area contributed by atoms with Gasteiger partial charge in [-0.25, -0.2) is 14.8 Å². The molecule has 3 heterocycles. The molecule has 1 atom stereocenters. The van der Waals surface area contributed by atoms with E-state index in [1.807, 2.05) is 48.7 Å². The fourth-order valence-corrected chi connectivity index (χ4v) is 4.15. The highest BCUT2D eigenvalue weighted by Crippen LogP contribution is 2.32. The Hall–Kier alpha value is -4.40. The summed E-state index contributed by atoms with van der Waals surface area (Å²) in [6.07, 6.45) is 4.56. The molecular formula is C25H24N6O3. The number of amides is 1. The molecule has 4 N–H and O–H groups in total. The van der Waals surface area contributed by atoms with E-state index >= 15 is 0 Å². The molecule has 2 aromatic carbocycles. The first-order valence-electron chi connectivity index (χ1n) is 11.1. The lowest BCUT2D eigenvalue weighted by Gasteiger charge is -2.22. The molecule has 2 aromatic heterocycles. The number of carbonyl (C=O) groups excluding carboxylic acids is 2. The second kappa shape index (κ2) is 9.22. The monoisotopic (exact) mass is 456 g/mol. The number of H-pyrrole nitrogens is 2. The molecule has 0 unspecified atom stereocenters. The zero-order chi connectivity index (χ0) is 23.5. The van der Waals surface area contributed by atoms with E-state index in [1.54, 1.807) is 17.0 Å². The third-order valence-electron chi connectivity index (χ3n) is 5.94. The molecule has 0 spiro atoms. The molecule has 172 valence electrons. The number of hydrogen-bond acceptors (Lipinski definition) is 6. The third kappa shape index (κ3) is 4.27. The summed E-state index contributed by atoms with van der Waals surface area (Å²) in [6, 6.07) is 16.6. The molecule has 1 aliphatic rings. The minimum Gasteiger partial charge on any atom is -0.445 e. The van der Waals surface area contributed by atoms with Crippen molar-refractivity contribution in [2.45, 2.75) is 25.5 Å². The lowest BCUT2D eigenvalue weighted by atomic mass is 10.0. The van der Waals surface area contributed by atoms with Crippen molar-refractivity contribution < 1.29 is 14.3 Å². The number of anilines is 1. The van der Waals surface area contributed by atoms with Gasteiger partial charge in [-0.05, 0) is 18.4 Å². The Morgan fingerprint density at radius 2 is 1.88 bits per heavy atom. The molecule has 9 nitrogen and oxygen atoms in total. The summed E-state index contributed by atoms with van der Waals surface area (Å²) in [4.78, 5) is 41.6. The zero-order valence-electron chi connectivity index (χ0n) is 18.4. The van der Waals surface area contributed by atoms with Crippen LogP contribution in [0.4, 0.5) is 10.6 Å². The molecule has 1 saturated heterocycles. The number of imidazole rings is 2. The average Bonchev–Trinajstić information content (AvgIpc) is 3.63. The standard InChI is InChI=1S/C25H24N6O3/c26-23-21(28-15-29-23)22(32)18-10-8-17(9-11-18)19-13-27-24(30-19)20-7-4-12-31(20)25(33)34-14-16-5-2-1-3-6-16/h1-3,5-6,8-11,13,15,20H,4,7,12,14,26H2,(H,27,30)(H,28,29)/t20-/m0/s1. The SMILES string of the molecule is Nc1nc[nH]c1C(=O)c1ccc(-c2c[nH]c([C@@H]3CCCN3C(=O)OCc3ccccc3)n2)cc1. The van der Waals surface area contributed by atoms with Gasteiger partial charge in [-0.2, -0.15) is 0 Å². The minimum absolute atomic E-state index is 0.166. The van der Waals surface area contributed by atoms with Gasteiger partial charge in [-0.15, -0.1) is 0 Å². The van der Waals surface area contributed by atoms with Crippen molar-refractivity contribution in [2.24, 2.45) is 0 Å². The van der Waals surface area contributed by atoms with Gasteiger partial charge < -0.3 is 20.4 Å². The van der Waals surface area contributed by atoms with E-state index in [1.165, 1.54) is 6.33 Å². The summed E-state index contributed by atoms with van der Waals surface area (Å²) >= 11 is 0. The van der Waals surface area contributed by atoms with Crippen molar-refractivity contribution in [2.75, 3.05) is 12.3 Å². The Bertz CT molecular complexity index is 1300. The molecule has 1 fully saturated rings. The molecule has 0 radical (unpaired) electrons. The molecule has 5 rings (SSSR count). The number of nitrogen functional groups attached to an aromatic ring is 1. The third-order valence-corrected chi connectivity index (χ3v) is 5.94. The molecule has 0 aliphatic carbocycles. The topological polar surface area (TPSA) is 130 Å². The summed E-state index contributed by atoms with van der Waals surface area (Å²) in [5.41, 5.74) is 9.04. The number of nitrogens with two attached hydrogens (primary N) is 1. The minimum atomic E-state index is -0.342. The van der Waals surface area contributed by atoms with Crippen LogP contribution < -0.4 is 5.73 Å². The number of benzene rings is 2. The van der Waals surface area contributed by atoms with E-state index in [2.05, 4.69) is 15.0 Å². The number of likely N-dealkylation sites (tertiary alicyclic amines) is 1. The molecule has 9 heteroatoms. The molecular weight excluding hydrogens is 432 g/mol. The summed E-state index contributed by atoms with van der Waals surface area (Å²) in [7, 11) is 0. The van der Waals surface area contributed by atoms with Crippen molar-refractivity contribution in [1.29, 1.82) is 0 Å². The van der Waals surface area contributed by atoms with Gasteiger partial charge in [0.1, 0.15) is 18.1 Å². The van der Waals surface area contributed by atoms with E-state index in [9.17, 15) is 9.59 Å². The van der Waals surface area contributed by atoms with Crippen LogP contribution in [0, 0.1) is 0 Å². The van der Waals surface area contributed by atoms with Crippen LogP contribution >= 0.6 is 0 Å². The van der Waals surface area contributed by atoms with Gasteiger partial charge in [0.25, 0.3) is 0 Å². The first-order valence-corrected chi connectivity index (χ1v) is 11.1. The Balaban J connectivity index is 1.27. The normalized spacial score (nSPS) is 15.4. The fraction of sp³-hybridized carbons (Fsp3) is 0.200. The summed E-state index contributed by atoms with van der Waals surface area (Å²) in [5.74, 6) is 0.670. The molecule has 0 saturated carbocycles.